The van der Waals surface area contributed by atoms with E-state index in [0.717, 1.165) is 31.9 Å². The van der Waals surface area contributed by atoms with Gasteiger partial charge >= 0.3 is 0 Å². The molecule has 1 aliphatic rings. The summed E-state index contributed by atoms with van der Waals surface area (Å²) < 4.78 is 5.15. The average Bonchev–Trinajstić information content (AvgIpc) is 2.93. The minimum atomic E-state index is 0. The van der Waals surface area contributed by atoms with Gasteiger partial charge in [0.1, 0.15) is 0 Å². The predicted molar refractivity (Wildman–Crippen MR) is 103 cm³/mol. The van der Waals surface area contributed by atoms with E-state index >= 15 is 0 Å². The van der Waals surface area contributed by atoms with E-state index in [1.807, 2.05) is 12.1 Å². The number of nitrogens with two attached hydrogens (primary N) is 1. The lowest BCUT2D eigenvalue weighted by atomic mass is 10.2. The number of nitrogens with zero attached hydrogens (tertiary/aromatic N) is 2. The topological polar surface area (TPSA) is 62.9 Å². The molecule has 1 aliphatic heterocycles. The average molecular weight is 418 g/mol. The van der Waals surface area contributed by atoms with Crippen molar-refractivity contribution in [3.05, 3.63) is 29.8 Å². The number of aryl methyl sites for hydroxylation is 1. The Hall–Kier alpha value is -0.860. The first-order valence-corrected chi connectivity index (χ1v) is 7.55. The van der Waals surface area contributed by atoms with E-state index in [4.69, 9.17) is 10.5 Å². The number of halogens is 1. The number of likely N-dealkylation sites (tertiary alicyclic amines) is 1. The third-order valence-corrected chi connectivity index (χ3v) is 3.88. The molecule has 3 N–H and O–H groups in total. The highest BCUT2D eigenvalue weighted by molar-refractivity contribution is 14.0. The van der Waals surface area contributed by atoms with Crippen LogP contribution in [0.25, 0.3) is 0 Å². The van der Waals surface area contributed by atoms with Crippen LogP contribution in [0.1, 0.15) is 18.4 Å². The van der Waals surface area contributed by atoms with Crippen molar-refractivity contribution in [3.63, 3.8) is 0 Å². The largest absolute Gasteiger partial charge is 0.383 e. The monoisotopic (exact) mass is 418 g/mol. The number of ether oxygens (including phenoxy) is 1. The molecule has 6 heteroatoms. The molecular formula is C16H27IN4O. The number of guanidine groups is 1. The molecule has 1 aromatic rings. The van der Waals surface area contributed by atoms with Crippen LogP contribution >= 0.6 is 24.0 Å². The summed E-state index contributed by atoms with van der Waals surface area (Å²) >= 11 is 0. The Kier molecular flexibility index (Phi) is 8.74. The maximum absolute atomic E-state index is 5.96. The SMILES string of the molecule is COCCN1CCCC1CN=C(N)Nc1ccc(C)cc1.I. The maximum Gasteiger partial charge on any atom is 0.193 e. The molecule has 0 aliphatic carbocycles. The number of benzene rings is 1. The number of methoxy groups -OCH3 is 1. The van der Waals surface area contributed by atoms with Gasteiger partial charge in [-0.05, 0) is 38.4 Å². The van der Waals surface area contributed by atoms with Crippen LogP contribution in [0.4, 0.5) is 5.69 Å². The second kappa shape index (κ2) is 10.0. The van der Waals surface area contributed by atoms with Crippen molar-refractivity contribution >= 4 is 35.6 Å². The quantitative estimate of drug-likeness (QED) is 0.423. The molecular weight excluding hydrogens is 391 g/mol. The molecule has 2 rings (SSSR count). The van der Waals surface area contributed by atoms with E-state index in [9.17, 15) is 0 Å². The van der Waals surface area contributed by atoms with Gasteiger partial charge < -0.3 is 15.8 Å². The lowest BCUT2D eigenvalue weighted by Gasteiger charge is -2.22. The van der Waals surface area contributed by atoms with Crippen LogP contribution < -0.4 is 11.1 Å². The number of nitrogens with one attached hydrogen (secondary N) is 1. The first kappa shape index (κ1) is 19.2. The molecule has 1 atom stereocenters. The Morgan fingerprint density at radius 1 is 1.41 bits per heavy atom. The van der Waals surface area contributed by atoms with Crippen molar-refractivity contribution in [2.75, 3.05) is 38.7 Å². The Balaban J connectivity index is 0.00000242. The summed E-state index contributed by atoms with van der Waals surface area (Å²) in [4.78, 5) is 6.92. The summed E-state index contributed by atoms with van der Waals surface area (Å²) in [6, 6.07) is 8.62. The van der Waals surface area contributed by atoms with E-state index in [1.165, 1.54) is 18.4 Å². The van der Waals surface area contributed by atoms with Gasteiger partial charge in [0.2, 0.25) is 0 Å². The second-order valence-electron chi connectivity index (χ2n) is 5.54. The fraction of sp³-hybridized carbons (Fsp3) is 0.562. The van der Waals surface area contributed by atoms with Crippen LogP contribution in [-0.4, -0.2) is 50.3 Å². The van der Waals surface area contributed by atoms with Gasteiger partial charge in [0.05, 0.1) is 13.2 Å². The van der Waals surface area contributed by atoms with Gasteiger partial charge in [0, 0.05) is 25.4 Å². The summed E-state index contributed by atoms with van der Waals surface area (Å²) in [6.45, 7) is 5.69. The third-order valence-electron chi connectivity index (χ3n) is 3.88. The second-order valence-corrected chi connectivity index (χ2v) is 5.54. The minimum Gasteiger partial charge on any atom is -0.383 e. The Labute approximate surface area is 150 Å². The van der Waals surface area contributed by atoms with Crippen LogP contribution in [0.2, 0.25) is 0 Å². The van der Waals surface area contributed by atoms with E-state index in [0.29, 0.717) is 12.0 Å². The summed E-state index contributed by atoms with van der Waals surface area (Å²) in [5.41, 5.74) is 8.17. The van der Waals surface area contributed by atoms with Crippen LogP contribution in [0.3, 0.4) is 0 Å². The predicted octanol–water partition coefficient (Wildman–Crippen LogP) is 2.45. The molecule has 0 aromatic heterocycles. The first-order valence-electron chi connectivity index (χ1n) is 7.55. The molecule has 22 heavy (non-hydrogen) atoms. The highest BCUT2D eigenvalue weighted by Gasteiger charge is 2.23. The normalized spacial score (nSPS) is 19.0. The molecule has 0 saturated carbocycles. The molecule has 0 spiro atoms. The molecule has 0 amide bonds. The van der Waals surface area contributed by atoms with Gasteiger partial charge in [0.25, 0.3) is 0 Å². The van der Waals surface area contributed by atoms with Crippen LogP contribution in [0, 0.1) is 6.92 Å². The minimum absolute atomic E-state index is 0. The molecule has 1 heterocycles. The molecule has 1 aromatic carbocycles. The number of aliphatic imine (C=N–C) groups is 1. The molecule has 0 radical (unpaired) electrons. The molecule has 1 fully saturated rings. The smallest absolute Gasteiger partial charge is 0.193 e. The van der Waals surface area contributed by atoms with Gasteiger partial charge in [-0.2, -0.15) is 0 Å². The van der Waals surface area contributed by atoms with E-state index < -0.39 is 0 Å². The Morgan fingerprint density at radius 2 is 2.14 bits per heavy atom. The number of rotatable bonds is 6. The standard InChI is InChI=1S/C16H26N4O.HI/c1-13-5-7-14(8-6-13)19-16(17)18-12-15-4-3-9-20(15)10-11-21-2;/h5-8,15H,3-4,9-12H2,1-2H3,(H3,17,18,19);1H. The Bertz CT molecular complexity index is 464. The van der Waals surface area contributed by atoms with Crippen LogP contribution in [0.5, 0.6) is 0 Å². The van der Waals surface area contributed by atoms with Crippen molar-refractivity contribution in [2.45, 2.75) is 25.8 Å². The van der Waals surface area contributed by atoms with Gasteiger partial charge in [0.15, 0.2) is 5.96 Å². The zero-order chi connectivity index (χ0) is 15.1. The van der Waals surface area contributed by atoms with Gasteiger partial charge in [-0.3, -0.25) is 9.89 Å². The van der Waals surface area contributed by atoms with Gasteiger partial charge in [-0.15, -0.1) is 24.0 Å². The van der Waals surface area contributed by atoms with Gasteiger partial charge in [-0.25, -0.2) is 0 Å². The van der Waals surface area contributed by atoms with Crippen LogP contribution in [0.15, 0.2) is 29.3 Å². The fourth-order valence-corrected chi connectivity index (χ4v) is 2.63. The molecule has 1 saturated heterocycles. The molecule has 5 nitrogen and oxygen atoms in total. The summed E-state index contributed by atoms with van der Waals surface area (Å²) in [7, 11) is 1.74. The summed E-state index contributed by atoms with van der Waals surface area (Å²) in [5.74, 6) is 0.484. The van der Waals surface area contributed by atoms with Crippen molar-refractivity contribution in [2.24, 2.45) is 10.7 Å². The highest BCUT2D eigenvalue weighted by atomic mass is 127. The third kappa shape index (κ3) is 6.10. The lowest BCUT2D eigenvalue weighted by Crippen LogP contribution is -2.35. The highest BCUT2D eigenvalue weighted by Crippen LogP contribution is 2.17. The van der Waals surface area contributed by atoms with Gasteiger partial charge in [-0.1, -0.05) is 17.7 Å². The number of hydrogen-bond acceptors (Lipinski definition) is 3. The van der Waals surface area contributed by atoms with Crippen molar-refractivity contribution in [3.8, 4) is 0 Å². The zero-order valence-electron chi connectivity index (χ0n) is 13.4. The fourth-order valence-electron chi connectivity index (χ4n) is 2.63. The summed E-state index contributed by atoms with van der Waals surface area (Å²) in [6.07, 6.45) is 2.42. The molecule has 1 unspecified atom stereocenters. The zero-order valence-corrected chi connectivity index (χ0v) is 15.7. The van der Waals surface area contributed by atoms with Crippen LogP contribution in [-0.2, 0) is 4.74 Å². The van der Waals surface area contributed by atoms with E-state index in [2.05, 4.69) is 34.3 Å². The lowest BCUT2D eigenvalue weighted by molar-refractivity contribution is 0.143. The van der Waals surface area contributed by atoms with E-state index in [1.54, 1.807) is 7.11 Å². The number of anilines is 1. The maximum atomic E-state index is 5.96. The summed E-state index contributed by atoms with van der Waals surface area (Å²) in [5, 5.41) is 3.14. The van der Waals surface area contributed by atoms with E-state index in [-0.39, 0.29) is 24.0 Å². The van der Waals surface area contributed by atoms with Crippen molar-refractivity contribution in [1.29, 1.82) is 0 Å². The Morgan fingerprint density at radius 3 is 2.82 bits per heavy atom. The number of hydrogen-bond donors (Lipinski definition) is 2. The molecule has 0 bridgehead atoms. The van der Waals surface area contributed by atoms with Crippen molar-refractivity contribution < 1.29 is 4.74 Å². The first-order chi connectivity index (χ1) is 10.2. The van der Waals surface area contributed by atoms with Crippen molar-refractivity contribution in [1.82, 2.24) is 4.90 Å². The molecule has 124 valence electrons.